The number of anilines is 2. The number of carbonyl (C=O) groups excluding carboxylic acids is 1. The third kappa shape index (κ3) is 2.31. The van der Waals surface area contributed by atoms with Gasteiger partial charge in [-0.05, 0) is 12.1 Å². The molecular formula is C9H9N5OS. The number of nitrogens with one attached hydrogen (secondary N) is 2. The fraction of sp³-hybridized carbons (Fsp3) is 0.111. The summed E-state index contributed by atoms with van der Waals surface area (Å²) in [6.45, 7) is 0. The van der Waals surface area contributed by atoms with Crippen molar-refractivity contribution in [2.75, 3.05) is 17.7 Å². The Bertz CT molecular complexity index is 484. The van der Waals surface area contributed by atoms with Crippen molar-refractivity contribution in [3.63, 3.8) is 0 Å². The molecule has 82 valence electrons. The molecule has 0 unspecified atom stereocenters. The van der Waals surface area contributed by atoms with E-state index in [2.05, 4.69) is 25.2 Å². The zero-order valence-corrected chi connectivity index (χ0v) is 9.28. The second kappa shape index (κ2) is 4.67. The van der Waals surface area contributed by atoms with Gasteiger partial charge in [-0.1, -0.05) is 4.49 Å². The summed E-state index contributed by atoms with van der Waals surface area (Å²) in [5.74, 6) is -0.275. The molecule has 0 aliphatic rings. The number of rotatable bonds is 3. The molecule has 7 heteroatoms. The van der Waals surface area contributed by atoms with E-state index in [1.54, 1.807) is 25.4 Å². The van der Waals surface area contributed by atoms with Gasteiger partial charge in [0.25, 0.3) is 5.91 Å². The number of hydrogen-bond acceptors (Lipinski definition) is 6. The summed E-state index contributed by atoms with van der Waals surface area (Å²) < 4.78 is 3.65. The van der Waals surface area contributed by atoms with E-state index in [0.717, 1.165) is 17.2 Å². The van der Waals surface area contributed by atoms with Crippen LogP contribution < -0.4 is 10.6 Å². The van der Waals surface area contributed by atoms with E-state index < -0.39 is 0 Å². The van der Waals surface area contributed by atoms with E-state index in [4.69, 9.17) is 0 Å². The lowest BCUT2D eigenvalue weighted by Gasteiger charge is -2.03. The maximum Gasteiger partial charge on any atom is 0.275 e. The van der Waals surface area contributed by atoms with Gasteiger partial charge in [0.2, 0.25) is 0 Å². The summed E-state index contributed by atoms with van der Waals surface area (Å²) in [6.07, 6.45) is 3.07. The monoisotopic (exact) mass is 235 g/mol. The lowest BCUT2D eigenvalue weighted by molar-refractivity contribution is 0.102. The molecule has 0 bridgehead atoms. The Labute approximate surface area is 95.9 Å². The normalized spacial score (nSPS) is 9.81. The minimum atomic E-state index is -0.275. The zero-order valence-electron chi connectivity index (χ0n) is 8.47. The number of carbonyl (C=O) groups is 1. The van der Waals surface area contributed by atoms with Crippen LogP contribution in [0.1, 0.15) is 10.5 Å². The lowest BCUT2D eigenvalue weighted by Crippen LogP contribution is -2.12. The minimum absolute atomic E-state index is 0.275. The highest BCUT2D eigenvalue weighted by Gasteiger charge is 2.09. The molecule has 0 aliphatic heterocycles. The van der Waals surface area contributed by atoms with Gasteiger partial charge in [0.15, 0.2) is 0 Å². The second-order valence-corrected chi connectivity index (χ2v) is 3.70. The largest absolute Gasteiger partial charge is 0.388 e. The van der Waals surface area contributed by atoms with E-state index >= 15 is 0 Å². The van der Waals surface area contributed by atoms with Crippen LogP contribution in [0.4, 0.5) is 10.7 Å². The number of hydrogen-bond donors (Lipinski definition) is 2. The molecule has 6 nitrogen and oxygen atoms in total. The third-order valence-corrected chi connectivity index (χ3v) is 2.46. The van der Waals surface area contributed by atoms with Gasteiger partial charge >= 0.3 is 0 Å². The molecule has 1 amide bonds. The van der Waals surface area contributed by atoms with Crippen molar-refractivity contribution < 1.29 is 4.79 Å². The Balaban J connectivity index is 2.14. The lowest BCUT2D eigenvalue weighted by atomic mass is 10.3. The molecule has 2 N–H and O–H groups in total. The van der Waals surface area contributed by atoms with Gasteiger partial charge in [0.1, 0.15) is 10.7 Å². The van der Waals surface area contributed by atoms with Gasteiger partial charge in [-0.3, -0.25) is 9.78 Å². The third-order valence-electron chi connectivity index (χ3n) is 1.88. The summed E-state index contributed by atoms with van der Waals surface area (Å²) in [5.41, 5.74) is 1.18. The van der Waals surface area contributed by atoms with Gasteiger partial charge < -0.3 is 10.6 Å². The highest BCUT2D eigenvalue weighted by atomic mass is 32.1. The molecule has 0 spiro atoms. The van der Waals surface area contributed by atoms with Gasteiger partial charge in [0, 0.05) is 30.5 Å². The van der Waals surface area contributed by atoms with Gasteiger partial charge in [-0.15, -0.1) is 5.10 Å². The van der Waals surface area contributed by atoms with Crippen molar-refractivity contribution in [2.45, 2.75) is 0 Å². The Morgan fingerprint density at radius 1 is 1.50 bits per heavy atom. The Kier molecular flexibility index (Phi) is 3.06. The maximum absolute atomic E-state index is 11.7. The first kappa shape index (κ1) is 10.5. The van der Waals surface area contributed by atoms with Crippen LogP contribution in [0.15, 0.2) is 24.5 Å². The first-order valence-corrected chi connectivity index (χ1v) is 5.29. The number of aromatic nitrogens is 3. The molecule has 0 aromatic carbocycles. The van der Waals surface area contributed by atoms with Crippen molar-refractivity contribution >= 4 is 28.1 Å². The van der Waals surface area contributed by atoms with Crippen LogP contribution in [0.25, 0.3) is 0 Å². The number of nitrogens with zero attached hydrogens (tertiary/aromatic N) is 3. The van der Waals surface area contributed by atoms with Crippen molar-refractivity contribution in [1.82, 2.24) is 14.6 Å². The van der Waals surface area contributed by atoms with Crippen LogP contribution in [0.5, 0.6) is 0 Å². The van der Waals surface area contributed by atoms with E-state index in [1.807, 2.05) is 0 Å². The van der Waals surface area contributed by atoms with Gasteiger partial charge in [-0.25, -0.2) is 0 Å². The van der Waals surface area contributed by atoms with Crippen LogP contribution in [-0.2, 0) is 0 Å². The summed E-state index contributed by atoms with van der Waals surface area (Å²) in [6, 6.07) is 3.45. The summed E-state index contributed by atoms with van der Waals surface area (Å²) in [7, 11) is 1.78. The highest BCUT2D eigenvalue weighted by molar-refractivity contribution is 7.10. The zero-order chi connectivity index (χ0) is 11.4. The molecule has 0 saturated heterocycles. The predicted octanol–water partition coefficient (Wildman–Crippen LogP) is 1.23. The van der Waals surface area contributed by atoms with E-state index in [1.165, 1.54) is 6.20 Å². The Morgan fingerprint density at radius 2 is 2.38 bits per heavy atom. The van der Waals surface area contributed by atoms with Gasteiger partial charge in [-0.2, -0.15) is 0 Å². The molecule has 16 heavy (non-hydrogen) atoms. The average molecular weight is 235 g/mol. The maximum atomic E-state index is 11.7. The first-order chi connectivity index (χ1) is 7.79. The smallest absolute Gasteiger partial charge is 0.275 e. The molecule has 0 radical (unpaired) electrons. The summed E-state index contributed by atoms with van der Waals surface area (Å²) >= 11 is 1.12. The molecule has 2 rings (SSSR count). The van der Waals surface area contributed by atoms with E-state index in [-0.39, 0.29) is 5.91 Å². The molecule has 2 heterocycles. The SMILES string of the molecule is CNc1ccnc(C(=O)Nc2cnns2)c1. The van der Waals surface area contributed by atoms with E-state index in [9.17, 15) is 4.79 Å². The van der Waals surface area contributed by atoms with Gasteiger partial charge in [0.05, 0.1) is 6.20 Å². The highest BCUT2D eigenvalue weighted by Crippen LogP contribution is 2.12. The van der Waals surface area contributed by atoms with Crippen molar-refractivity contribution in [2.24, 2.45) is 0 Å². The van der Waals surface area contributed by atoms with Crippen LogP contribution in [0.2, 0.25) is 0 Å². The number of pyridine rings is 1. The predicted molar refractivity (Wildman–Crippen MR) is 61.6 cm³/mol. The molecule has 0 atom stereocenters. The first-order valence-electron chi connectivity index (χ1n) is 4.52. The molecule has 0 saturated carbocycles. The number of amides is 1. The van der Waals surface area contributed by atoms with Crippen LogP contribution in [0.3, 0.4) is 0 Å². The molecule has 0 aliphatic carbocycles. The fourth-order valence-electron chi connectivity index (χ4n) is 1.11. The summed E-state index contributed by atoms with van der Waals surface area (Å²) in [5, 5.41) is 9.82. The van der Waals surface area contributed by atoms with Crippen LogP contribution in [0, 0.1) is 0 Å². The van der Waals surface area contributed by atoms with Crippen molar-refractivity contribution in [3.8, 4) is 0 Å². The van der Waals surface area contributed by atoms with Crippen LogP contribution in [-0.4, -0.2) is 27.5 Å². The molecular weight excluding hydrogens is 226 g/mol. The van der Waals surface area contributed by atoms with Crippen molar-refractivity contribution in [1.29, 1.82) is 0 Å². The summed E-state index contributed by atoms with van der Waals surface area (Å²) in [4.78, 5) is 15.7. The second-order valence-electron chi connectivity index (χ2n) is 2.92. The Hall–Kier alpha value is -2.02. The van der Waals surface area contributed by atoms with E-state index in [0.29, 0.717) is 10.7 Å². The topological polar surface area (TPSA) is 79.8 Å². The molecule has 0 fully saturated rings. The van der Waals surface area contributed by atoms with Crippen molar-refractivity contribution in [3.05, 3.63) is 30.2 Å². The fourth-order valence-corrected chi connectivity index (χ4v) is 1.52. The Morgan fingerprint density at radius 3 is 3.06 bits per heavy atom. The van der Waals surface area contributed by atoms with Crippen LogP contribution >= 0.6 is 11.5 Å². The average Bonchev–Trinajstić information content (AvgIpc) is 2.82. The minimum Gasteiger partial charge on any atom is -0.388 e. The molecule has 2 aromatic heterocycles. The quantitative estimate of drug-likeness (QED) is 0.836. The molecule has 2 aromatic rings. The standard InChI is InChI=1S/C9H9N5OS/c1-10-6-2-3-11-7(4-6)9(15)13-8-5-12-14-16-8/h2-5H,1H3,(H,10,11)(H,13,15).